The molecule has 2 aromatic rings. The molecule has 1 fully saturated rings. The molecule has 0 aliphatic carbocycles. The number of aromatic nitrogens is 1. The van der Waals surface area contributed by atoms with Crippen LogP contribution in [0.1, 0.15) is 17.2 Å². The van der Waals surface area contributed by atoms with E-state index >= 15 is 0 Å². The van der Waals surface area contributed by atoms with E-state index in [1.54, 1.807) is 60.9 Å². The molecule has 24 heavy (non-hydrogen) atoms. The first kappa shape index (κ1) is 16.4. The highest BCUT2D eigenvalue weighted by molar-refractivity contribution is 8.26. The minimum Gasteiger partial charge on any atom is -0.547 e. The quantitative estimate of drug-likeness (QED) is 0.615. The number of hydrogen-bond donors (Lipinski definition) is 0. The Morgan fingerprint density at radius 2 is 1.88 bits per heavy atom. The highest BCUT2D eigenvalue weighted by Gasteiger charge is 2.38. The third-order valence-electron chi connectivity index (χ3n) is 3.42. The van der Waals surface area contributed by atoms with Gasteiger partial charge in [0.25, 0.3) is 5.91 Å². The maximum Gasteiger partial charge on any atom is 0.267 e. The highest BCUT2D eigenvalue weighted by atomic mass is 32.2. The van der Waals surface area contributed by atoms with Gasteiger partial charge in [0.1, 0.15) is 10.4 Å². The number of pyridine rings is 1. The van der Waals surface area contributed by atoms with Crippen molar-refractivity contribution in [3.05, 3.63) is 70.9 Å². The van der Waals surface area contributed by atoms with Crippen molar-refractivity contribution < 1.29 is 14.7 Å². The number of nitrogens with zero attached hydrogens (tertiary/aromatic N) is 2. The van der Waals surface area contributed by atoms with E-state index in [2.05, 4.69) is 4.98 Å². The van der Waals surface area contributed by atoms with Gasteiger partial charge in [-0.25, -0.2) is 0 Å². The molecular formula is C17H11N2O3S2-. The standard InChI is InChI=1S/C17H12N2O3S2/c20-15-13(10-11-6-8-18-9-7-11)24-17(23)19(15)14(16(21)22)12-4-2-1-3-5-12/h1-10,14H,(H,21,22)/p-1/b13-10-/t14-/m0/s1. The Hall–Kier alpha value is -2.51. The number of aliphatic carboxylic acids is 1. The summed E-state index contributed by atoms with van der Waals surface area (Å²) in [4.78, 5) is 29.7. The van der Waals surface area contributed by atoms with Crippen molar-refractivity contribution in [2.75, 3.05) is 0 Å². The van der Waals surface area contributed by atoms with Crippen LogP contribution in [-0.4, -0.2) is 26.1 Å². The van der Waals surface area contributed by atoms with Gasteiger partial charge in [-0.15, -0.1) is 0 Å². The van der Waals surface area contributed by atoms with Crippen molar-refractivity contribution in [2.45, 2.75) is 6.04 Å². The van der Waals surface area contributed by atoms with E-state index in [1.807, 2.05) is 0 Å². The summed E-state index contributed by atoms with van der Waals surface area (Å²) in [7, 11) is 0. The van der Waals surface area contributed by atoms with Crippen LogP contribution >= 0.6 is 24.0 Å². The molecule has 0 N–H and O–H groups in total. The minimum atomic E-state index is -1.37. The molecule has 1 saturated heterocycles. The highest BCUT2D eigenvalue weighted by Crippen LogP contribution is 2.37. The number of thioether (sulfide) groups is 1. The van der Waals surface area contributed by atoms with Crippen molar-refractivity contribution in [1.82, 2.24) is 9.88 Å². The smallest absolute Gasteiger partial charge is 0.267 e. The van der Waals surface area contributed by atoms with Crippen LogP contribution in [0, 0.1) is 0 Å². The first-order chi connectivity index (χ1) is 11.6. The van der Waals surface area contributed by atoms with E-state index < -0.39 is 17.9 Å². The zero-order valence-electron chi connectivity index (χ0n) is 12.3. The number of thiocarbonyl (C=S) groups is 1. The summed E-state index contributed by atoms with van der Waals surface area (Å²) in [5, 5.41) is 11.6. The summed E-state index contributed by atoms with van der Waals surface area (Å²) in [6.45, 7) is 0. The Bertz CT molecular complexity index is 822. The zero-order chi connectivity index (χ0) is 17.1. The monoisotopic (exact) mass is 355 g/mol. The lowest BCUT2D eigenvalue weighted by atomic mass is 10.1. The van der Waals surface area contributed by atoms with Crippen LogP contribution in [-0.2, 0) is 9.59 Å². The molecular weight excluding hydrogens is 344 g/mol. The van der Waals surface area contributed by atoms with Crippen LogP contribution in [0.25, 0.3) is 6.08 Å². The topological polar surface area (TPSA) is 73.3 Å². The predicted molar refractivity (Wildman–Crippen MR) is 93.4 cm³/mol. The lowest BCUT2D eigenvalue weighted by Crippen LogP contribution is -2.43. The molecule has 1 aliphatic heterocycles. The summed E-state index contributed by atoms with van der Waals surface area (Å²) in [6, 6.07) is 10.7. The van der Waals surface area contributed by atoms with E-state index in [-0.39, 0.29) is 4.32 Å². The molecule has 0 radical (unpaired) electrons. The molecule has 5 nitrogen and oxygen atoms in total. The lowest BCUT2D eigenvalue weighted by molar-refractivity contribution is -0.310. The lowest BCUT2D eigenvalue weighted by Gasteiger charge is -2.27. The second-order valence-corrected chi connectivity index (χ2v) is 6.64. The van der Waals surface area contributed by atoms with E-state index in [0.29, 0.717) is 10.5 Å². The van der Waals surface area contributed by atoms with Crippen LogP contribution in [0.2, 0.25) is 0 Å². The predicted octanol–water partition coefficient (Wildman–Crippen LogP) is 1.77. The molecule has 120 valence electrons. The number of benzene rings is 1. The minimum absolute atomic E-state index is 0.193. The van der Waals surface area contributed by atoms with Crippen LogP contribution in [0.3, 0.4) is 0 Å². The molecule has 2 heterocycles. The number of hydrogen-bond acceptors (Lipinski definition) is 6. The summed E-state index contributed by atoms with van der Waals surface area (Å²) in [6.07, 6.45) is 4.89. The van der Waals surface area contributed by atoms with Crippen LogP contribution in [0.4, 0.5) is 0 Å². The number of carboxylic acid groups (broad SMARTS) is 1. The van der Waals surface area contributed by atoms with Crippen molar-refractivity contribution in [1.29, 1.82) is 0 Å². The Balaban J connectivity index is 1.96. The Kier molecular flexibility index (Phi) is 4.73. The zero-order valence-corrected chi connectivity index (χ0v) is 13.9. The fourth-order valence-corrected chi connectivity index (χ4v) is 3.65. The Morgan fingerprint density at radius 3 is 2.50 bits per heavy atom. The molecule has 3 rings (SSSR count). The molecule has 0 unspecified atom stereocenters. The number of carbonyl (C=O) groups excluding carboxylic acids is 2. The second-order valence-electron chi connectivity index (χ2n) is 4.96. The van der Waals surface area contributed by atoms with Gasteiger partial charge in [0.2, 0.25) is 0 Å². The number of rotatable bonds is 4. The fourth-order valence-electron chi connectivity index (χ4n) is 2.34. The van der Waals surface area contributed by atoms with Crippen molar-refractivity contribution in [2.24, 2.45) is 0 Å². The van der Waals surface area contributed by atoms with Crippen molar-refractivity contribution in [3.8, 4) is 0 Å². The Labute approximate surface area is 148 Å². The molecule has 1 aliphatic rings. The average molecular weight is 355 g/mol. The van der Waals surface area contributed by atoms with E-state index in [0.717, 1.165) is 22.2 Å². The molecule has 1 aromatic carbocycles. The van der Waals surface area contributed by atoms with Gasteiger partial charge in [0.05, 0.1) is 10.9 Å². The maximum absolute atomic E-state index is 12.7. The largest absolute Gasteiger partial charge is 0.547 e. The Morgan fingerprint density at radius 1 is 1.21 bits per heavy atom. The third kappa shape index (κ3) is 3.22. The molecule has 1 aromatic heterocycles. The van der Waals surface area contributed by atoms with Crippen LogP contribution < -0.4 is 5.11 Å². The summed E-state index contributed by atoms with van der Waals surface area (Å²) < 4.78 is 0.193. The number of amides is 1. The summed E-state index contributed by atoms with van der Waals surface area (Å²) >= 11 is 6.30. The number of carboxylic acids is 1. The normalized spacial score (nSPS) is 17.3. The molecule has 0 bridgehead atoms. The van der Waals surface area contributed by atoms with Gasteiger partial charge in [-0.1, -0.05) is 54.3 Å². The first-order valence-corrected chi connectivity index (χ1v) is 8.23. The average Bonchev–Trinajstić information content (AvgIpc) is 2.85. The van der Waals surface area contributed by atoms with Crippen molar-refractivity contribution >= 4 is 46.3 Å². The number of carbonyl (C=O) groups is 2. The van der Waals surface area contributed by atoms with Gasteiger partial charge in [-0.05, 0) is 29.3 Å². The molecule has 0 spiro atoms. The van der Waals surface area contributed by atoms with E-state index in [9.17, 15) is 14.7 Å². The van der Waals surface area contributed by atoms with Gasteiger partial charge >= 0.3 is 0 Å². The second kappa shape index (κ2) is 6.94. The van der Waals surface area contributed by atoms with Gasteiger partial charge in [-0.2, -0.15) is 0 Å². The van der Waals surface area contributed by atoms with Gasteiger partial charge in [0.15, 0.2) is 0 Å². The molecule has 7 heteroatoms. The van der Waals surface area contributed by atoms with Gasteiger partial charge in [-0.3, -0.25) is 14.7 Å². The van der Waals surface area contributed by atoms with Crippen LogP contribution in [0.15, 0.2) is 59.8 Å². The first-order valence-electron chi connectivity index (χ1n) is 7.01. The van der Waals surface area contributed by atoms with E-state index in [1.165, 1.54) is 0 Å². The van der Waals surface area contributed by atoms with Gasteiger partial charge in [0, 0.05) is 12.4 Å². The summed E-state index contributed by atoms with van der Waals surface area (Å²) in [5.41, 5.74) is 1.23. The van der Waals surface area contributed by atoms with Crippen molar-refractivity contribution in [3.63, 3.8) is 0 Å². The molecule has 1 atom stereocenters. The molecule has 0 saturated carbocycles. The molecule has 1 amide bonds. The van der Waals surface area contributed by atoms with Gasteiger partial charge < -0.3 is 9.90 Å². The summed E-state index contributed by atoms with van der Waals surface area (Å²) in [5.74, 6) is -1.82. The third-order valence-corrected chi connectivity index (χ3v) is 4.75. The SMILES string of the molecule is O=C([O-])[C@H](c1ccccc1)N1C(=O)/C(=C/c2ccncc2)SC1=S. The maximum atomic E-state index is 12.7. The van der Waals surface area contributed by atoms with E-state index in [4.69, 9.17) is 12.2 Å². The fraction of sp³-hybridized carbons (Fsp3) is 0.0588. The van der Waals surface area contributed by atoms with Crippen LogP contribution in [0.5, 0.6) is 0 Å².